The molecule has 6 nitrogen and oxygen atoms in total. The lowest BCUT2D eigenvalue weighted by atomic mass is 9.95. The molecule has 2 aromatic rings. The van der Waals surface area contributed by atoms with Crippen LogP contribution in [-0.2, 0) is 6.54 Å². The number of likely N-dealkylation sites (tertiary alicyclic amines) is 1. The summed E-state index contributed by atoms with van der Waals surface area (Å²) < 4.78 is 10.4. The van der Waals surface area contributed by atoms with Gasteiger partial charge in [0, 0.05) is 19.1 Å². The third-order valence-corrected chi connectivity index (χ3v) is 3.62. The van der Waals surface area contributed by atoms with Crippen LogP contribution >= 0.6 is 0 Å². The highest BCUT2D eigenvalue weighted by molar-refractivity contribution is 5.42. The van der Waals surface area contributed by atoms with Crippen LogP contribution < -0.4 is 5.73 Å². The molecule has 2 unspecified atom stereocenters. The van der Waals surface area contributed by atoms with E-state index in [0.29, 0.717) is 36.0 Å². The van der Waals surface area contributed by atoms with Crippen molar-refractivity contribution in [2.75, 3.05) is 13.1 Å². The fourth-order valence-corrected chi connectivity index (χ4v) is 2.41. The second kappa shape index (κ2) is 5.14. The topological polar surface area (TPSA) is 81.3 Å². The Bertz CT molecular complexity index is 522. The molecule has 19 heavy (non-hydrogen) atoms. The minimum Gasteiger partial charge on any atom is -0.459 e. The summed E-state index contributed by atoms with van der Waals surface area (Å²) in [6.45, 7) is 4.84. The molecular weight excluding hydrogens is 244 g/mol. The van der Waals surface area contributed by atoms with Crippen molar-refractivity contribution in [3.05, 3.63) is 24.2 Å². The van der Waals surface area contributed by atoms with Gasteiger partial charge in [0.15, 0.2) is 11.6 Å². The van der Waals surface area contributed by atoms with Crippen molar-refractivity contribution in [2.45, 2.75) is 25.9 Å². The summed E-state index contributed by atoms with van der Waals surface area (Å²) in [5.41, 5.74) is 6.01. The molecule has 1 saturated heterocycles. The monoisotopic (exact) mass is 262 g/mol. The zero-order valence-electron chi connectivity index (χ0n) is 11.0. The quantitative estimate of drug-likeness (QED) is 0.902. The van der Waals surface area contributed by atoms with E-state index in [1.807, 2.05) is 0 Å². The Morgan fingerprint density at radius 2 is 2.42 bits per heavy atom. The van der Waals surface area contributed by atoms with Gasteiger partial charge >= 0.3 is 0 Å². The molecule has 0 spiro atoms. The van der Waals surface area contributed by atoms with Gasteiger partial charge in [0.25, 0.3) is 5.89 Å². The molecule has 0 bridgehead atoms. The number of nitrogens with two attached hydrogens (primary N) is 1. The molecule has 2 atom stereocenters. The predicted octanol–water partition coefficient (Wildman–Crippen LogP) is 1.50. The smallest absolute Gasteiger partial charge is 0.293 e. The van der Waals surface area contributed by atoms with Crippen LogP contribution in [0, 0.1) is 5.92 Å². The molecule has 102 valence electrons. The van der Waals surface area contributed by atoms with E-state index < -0.39 is 0 Å². The molecule has 2 aromatic heterocycles. The average molecular weight is 262 g/mol. The van der Waals surface area contributed by atoms with E-state index in [1.165, 1.54) is 0 Å². The highest BCUT2D eigenvalue weighted by Gasteiger charge is 2.24. The summed E-state index contributed by atoms with van der Waals surface area (Å²) in [6.07, 6.45) is 2.61. The Morgan fingerprint density at radius 1 is 1.53 bits per heavy atom. The van der Waals surface area contributed by atoms with E-state index in [9.17, 15) is 0 Å². The van der Waals surface area contributed by atoms with E-state index in [2.05, 4.69) is 22.0 Å². The number of hydrogen-bond acceptors (Lipinski definition) is 6. The third kappa shape index (κ3) is 2.69. The van der Waals surface area contributed by atoms with Gasteiger partial charge in [0.1, 0.15) is 0 Å². The summed E-state index contributed by atoms with van der Waals surface area (Å²) in [5.74, 6) is 2.23. The maximum absolute atomic E-state index is 6.01. The highest BCUT2D eigenvalue weighted by Crippen LogP contribution is 2.19. The first kappa shape index (κ1) is 12.4. The lowest BCUT2D eigenvalue weighted by molar-refractivity contribution is 0.153. The molecule has 0 radical (unpaired) electrons. The van der Waals surface area contributed by atoms with E-state index in [0.717, 1.165) is 19.5 Å². The number of aromatic nitrogens is 2. The number of nitrogens with zero attached hydrogens (tertiary/aromatic N) is 3. The summed E-state index contributed by atoms with van der Waals surface area (Å²) >= 11 is 0. The lowest BCUT2D eigenvalue weighted by Gasteiger charge is -2.34. The molecule has 0 saturated carbocycles. The third-order valence-electron chi connectivity index (χ3n) is 3.62. The van der Waals surface area contributed by atoms with E-state index in [-0.39, 0.29) is 0 Å². The zero-order valence-corrected chi connectivity index (χ0v) is 11.0. The molecule has 2 N–H and O–H groups in total. The Balaban J connectivity index is 1.64. The van der Waals surface area contributed by atoms with E-state index in [1.54, 1.807) is 18.4 Å². The number of rotatable bonds is 3. The second-order valence-corrected chi connectivity index (χ2v) is 5.16. The van der Waals surface area contributed by atoms with Crippen LogP contribution in [-0.4, -0.2) is 34.2 Å². The van der Waals surface area contributed by atoms with E-state index in [4.69, 9.17) is 14.7 Å². The maximum Gasteiger partial charge on any atom is 0.293 e. The largest absolute Gasteiger partial charge is 0.459 e. The standard InChI is InChI=1S/C13H18N4O2/c1-9-7-17(5-4-10(9)14)8-12-15-13(19-16-12)11-3-2-6-18-11/h2-3,6,9-10H,4-5,7-8,14H2,1H3. The molecule has 1 fully saturated rings. The minimum absolute atomic E-state index is 0.306. The Labute approximate surface area is 111 Å². The van der Waals surface area contributed by atoms with Crippen molar-refractivity contribution in [1.82, 2.24) is 15.0 Å². The molecule has 6 heteroatoms. The number of piperidine rings is 1. The van der Waals surface area contributed by atoms with Gasteiger partial charge in [-0.1, -0.05) is 12.1 Å². The van der Waals surface area contributed by atoms with Crippen LogP contribution in [0.25, 0.3) is 11.7 Å². The minimum atomic E-state index is 0.306. The van der Waals surface area contributed by atoms with Gasteiger partial charge in [-0.2, -0.15) is 4.98 Å². The number of hydrogen-bond donors (Lipinski definition) is 1. The number of furan rings is 1. The summed E-state index contributed by atoms with van der Waals surface area (Å²) in [6, 6.07) is 3.91. The summed E-state index contributed by atoms with van der Waals surface area (Å²) in [4.78, 5) is 6.66. The van der Waals surface area contributed by atoms with E-state index >= 15 is 0 Å². The lowest BCUT2D eigenvalue weighted by Crippen LogP contribution is -2.45. The van der Waals surface area contributed by atoms with Gasteiger partial charge in [-0.25, -0.2) is 0 Å². The fraction of sp³-hybridized carbons (Fsp3) is 0.538. The van der Waals surface area contributed by atoms with Crippen LogP contribution in [0.3, 0.4) is 0 Å². The van der Waals surface area contributed by atoms with Gasteiger partial charge in [-0.3, -0.25) is 4.90 Å². The van der Waals surface area contributed by atoms with Crippen LogP contribution in [0.4, 0.5) is 0 Å². The van der Waals surface area contributed by atoms with Crippen LogP contribution in [0.2, 0.25) is 0 Å². The zero-order chi connectivity index (χ0) is 13.2. The Hall–Kier alpha value is -1.66. The molecule has 3 rings (SSSR count). The highest BCUT2D eigenvalue weighted by atomic mass is 16.5. The van der Waals surface area contributed by atoms with Crippen molar-refractivity contribution >= 4 is 0 Å². The van der Waals surface area contributed by atoms with Crippen LogP contribution in [0.15, 0.2) is 27.3 Å². The molecule has 3 heterocycles. The summed E-state index contributed by atoms with van der Waals surface area (Å²) in [7, 11) is 0. The molecule has 0 aromatic carbocycles. The van der Waals surface area contributed by atoms with Gasteiger partial charge in [0.05, 0.1) is 12.8 Å². The van der Waals surface area contributed by atoms with Crippen molar-refractivity contribution in [1.29, 1.82) is 0 Å². The van der Waals surface area contributed by atoms with Crippen molar-refractivity contribution in [2.24, 2.45) is 11.7 Å². The summed E-state index contributed by atoms with van der Waals surface area (Å²) in [5, 5.41) is 3.99. The van der Waals surface area contributed by atoms with Crippen molar-refractivity contribution in [3.63, 3.8) is 0 Å². The first-order valence-corrected chi connectivity index (χ1v) is 6.57. The Morgan fingerprint density at radius 3 is 3.16 bits per heavy atom. The molecular formula is C13H18N4O2. The molecule has 0 amide bonds. The molecule has 1 aliphatic heterocycles. The van der Waals surface area contributed by atoms with Crippen LogP contribution in [0.5, 0.6) is 0 Å². The SMILES string of the molecule is CC1CN(Cc2noc(-c3ccco3)n2)CCC1N. The Kier molecular flexibility index (Phi) is 3.35. The van der Waals surface area contributed by atoms with Gasteiger partial charge in [-0.15, -0.1) is 0 Å². The second-order valence-electron chi connectivity index (χ2n) is 5.16. The van der Waals surface area contributed by atoms with Crippen LogP contribution in [0.1, 0.15) is 19.2 Å². The van der Waals surface area contributed by atoms with Crippen molar-refractivity contribution < 1.29 is 8.94 Å². The fourth-order valence-electron chi connectivity index (χ4n) is 2.41. The molecule has 0 aliphatic carbocycles. The normalized spacial score (nSPS) is 24.7. The maximum atomic E-state index is 6.01. The first-order chi connectivity index (χ1) is 9.22. The van der Waals surface area contributed by atoms with Gasteiger partial charge in [-0.05, 0) is 24.5 Å². The average Bonchev–Trinajstić information content (AvgIpc) is 3.04. The molecule has 1 aliphatic rings. The van der Waals surface area contributed by atoms with Crippen molar-refractivity contribution in [3.8, 4) is 11.7 Å². The van der Waals surface area contributed by atoms with Gasteiger partial charge < -0.3 is 14.7 Å². The predicted molar refractivity (Wildman–Crippen MR) is 69.0 cm³/mol. The van der Waals surface area contributed by atoms with Gasteiger partial charge in [0.2, 0.25) is 0 Å². The first-order valence-electron chi connectivity index (χ1n) is 6.57.